The molecular weight excluding hydrogens is 276 g/mol. The first-order valence-electron chi connectivity index (χ1n) is 8.57. The summed E-state index contributed by atoms with van der Waals surface area (Å²) in [6, 6.07) is 0. The maximum absolute atomic E-state index is 12.4. The summed E-state index contributed by atoms with van der Waals surface area (Å²) in [5.41, 5.74) is 0.776. The van der Waals surface area contributed by atoms with E-state index in [-0.39, 0.29) is 28.3 Å². The summed E-state index contributed by atoms with van der Waals surface area (Å²) in [4.78, 5) is 24.2. The van der Waals surface area contributed by atoms with E-state index in [9.17, 15) is 9.59 Å². The van der Waals surface area contributed by atoms with Crippen LogP contribution in [0.2, 0.25) is 0 Å². The predicted molar refractivity (Wildman–Crippen MR) is 81.1 cm³/mol. The maximum Gasteiger partial charge on any atom is 0.178 e. The van der Waals surface area contributed by atoms with E-state index < -0.39 is 0 Å². The Morgan fingerprint density at radius 2 is 1.91 bits per heavy atom. The van der Waals surface area contributed by atoms with Crippen LogP contribution < -0.4 is 0 Å². The van der Waals surface area contributed by atoms with Crippen LogP contribution in [0, 0.1) is 22.7 Å². The second-order valence-electron chi connectivity index (χ2n) is 8.34. The molecule has 0 aromatic rings. The van der Waals surface area contributed by atoms with Gasteiger partial charge in [-0.05, 0) is 56.6 Å². The van der Waals surface area contributed by atoms with Crippen LogP contribution >= 0.6 is 0 Å². The zero-order valence-electron chi connectivity index (χ0n) is 13.2. The van der Waals surface area contributed by atoms with Gasteiger partial charge in [-0.15, -0.1) is 0 Å². The van der Waals surface area contributed by atoms with Crippen LogP contribution in [-0.4, -0.2) is 23.3 Å². The Hall–Kier alpha value is -1.22. The van der Waals surface area contributed by atoms with Gasteiger partial charge >= 0.3 is 0 Å². The molecule has 4 fully saturated rings. The molecular formula is C19H22O3. The molecule has 22 heavy (non-hydrogen) atoms. The van der Waals surface area contributed by atoms with Gasteiger partial charge in [0.25, 0.3) is 0 Å². The summed E-state index contributed by atoms with van der Waals surface area (Å²) in [7, 11) is 0. The van der Waals surface area contributed by atoms with Crippen molar-refractivity contribution < 1.29 is 14.3 Å². The second kappa shape index (κ2) is 3.64. The molecule has 0 aromatic carbocycles. The lowest BCUT2D eigenvalue weighted by Crippen LogP contribution is -2.56. The van der Waals surface area contributed by atoms with E-state index in [4.69, 9.17) is 4.74 Å². The number of carbonyl (C=O) groups excluding carboxylic acids is 2. The molecule has 3 nitrogen and oxygen atoms in total. The molecule has 4 aliphatic carbocycles. The number of ether oxygens (including phenoxy) is 1. The Kier molecular flexibility index (Phi) is 2.19. The first kappa shape index (κ1) is 13.2. The first-order chi connectivity index (χ1) is 10.4. The molecule has 1 aliphatic heterocycles. The highest BCUT2D eigenvalue weighted by atomic mass is 16.6. The number of epoxide rings is 1. The molecule has 1 spiro atoms. The van der Waals surface area contributed by atoms with E-state index in [1.165, 1.54) is 5.57 Å². The molecule has 0 unspecified atom stereocenters. The summed E-state index contributed by atoms with van der Waals surface area (Å²) in [5, 5.41) is 0. The highest BCUT2D eigenvalue weighted by Crippen LogP contribution is 2.73. The largest absolute Gasteiger partial charge is 0.364 e. The van der Waals surface area contributed by atoms with Gasteiger partial charge in [0.05, 0.1) is 6.10 Å². The van der Waals surface area contributed by atoms with E-state index in [1.807, 2.05) is 6.08 Å². The number of hydrogen-bond acceptors (Lipinski definition) is 3. The minimum atomic E-state index is -0.166. The fraction of sp³-hybridized carbons (Fsp3) is 0.684. The van der Waals surface area contributed by atoms with Crippen molar-refractivity contribution in [2.24, 2.45) is 22.7 Å². The van der Waals surface area contributed by atoms with Gasteiger partial charge in [0.1, 0.15) is 11.4 Å². The van der Waals surface area contributed by atoms with Gasteiger partial charge in [0, 0.05) is 17.3 Å². The quantitative estimate of drug-likeness (QED) is 0.646. The second-order valence-corrected chi connectivity index (χ2v) is 8.34. The summed E-state index contributed by atoms with van der Waals surface area (Å²) >= 11 is 0. The van der Waals surface area contributed by atoms with Crippen LogP contribution in [0.25, 0.3) is 0 Å². The third kappa shape index (κ3) is 1.22. The molecule has 0 bridgehead atoms. The lowest BCUT2D eigenvalue weighted by atomic mass is 9.48. The summed E-state index contributed by atoms with van der Waals surface area (Å²) in [6.07, 6.45) is 10.5. The van der Waals surface area contributed by atoms with Crippen LogP contribution in [0.3, 0.4) is 0 Å². The molecule has 116 valence electrons. The van der Waals surface area contributed by atoms with Gasteiger partial charge in [-0.2, -0.15) is 0 Å². The number of allylic oxidation sites excluding steroid dienone is 2. The van der Waals surface area contributed by atoms with E-state index >= 15 is 0 Å². The average Bonchev–Trinajstić information content (AvgIpc) is 3.12. The fourth-order valence-corrected chi connectivity index (χ4v) is 6.42. The first-order valence-corrected chi connectivity index (χ1v) is 8.57. The van der Waals surface area contributed by atoms with Crippen LogP contribution in [-0.2, 0) is 14.3 Å². The number of rotatable bonds is 0. The molecule has 1 saturated heterocycles. The van der Waals surface area contributed by atoms with Crippen molar-refractivity contribution in [3.8, 4) is 0 Å². The summed E-state index contributed by atoms with van der Waals surface area (Å²) < 4.78 is 6.37. The molecule has 3 heteroatoms. The lowest BCUT2D eigenvalue weighted by molar-refractivity contribution is -0.129. The number of carbonyl (C=O) groups is 2. The highest BCUT2D eigenvalue weighted by Gasteiger charge is 2.78. The molecule has 5 rings (SSSR count). The van der Waals surface area contributed by atoms with Gasteiger partial charge in [0.15, 0.2) is 5.78 Å². The summed E-state index contributed by atoms with van der Waals surface area (Å²) in [6.45, 7) is 4.42. The number of fused-ring (bicyclic) bond motifs is 3. The maximum atomic E-state index is 12.4. The van der Waals surface area contributed by atoms with Crippen LogP contribution in [0.4, 0.5) is 0 Å². The zero-order valence-corrected chi connectivity index (χ0v) is 13.2. The lowest BCUT2D eigenvalue weighted by Gasteiger charge is -2.53. The molecule has 0 radical (unpaired) electrons. The zero-order chi connectivity index (χ0) is 15.3. The van der Waals surface area contributed by atoms with Gasteiger partial charge in [-0.1, -0.05) is 18.6 Å². The van der Waals surface area contributed by atoms with Crippen LogP contribution in [0.1, 0.15) is 46.0 Å². The summed E-state index contributed by atoms with van der Waals surface area (Å²) in [5.74, 6) is 1.48. The smallest absolute Gasteiger partial charge is 0.178 e. The van der Waals surface area contributed by atoms with Gasteiger partial charge < -0.3 is 4.74 Å². The van der Waals surface area contributed by atoms with E-state index in [1.54, 1.807) is 6.08 Å². The van der Waals surface area contributed by atoms with Gasteiger partial charge in [0.2, 0.25) is 0 Å². The fourth-order valence-electron chi connectivity index (χ4n) is 6.42. The van der Waals surface area contributed by atoms with Crippen molar-refractivity contribution in [1.82, 2.24) is 0 Å². The van der Waals surface area contributed by atoms with Crippen molar-refractivity contribution in [2.45, 2.75) is 57.7 Å². The Labute approximate surface area is 130 Å². The monoisotopic (exact) mass is 298 g/mol. The highest BCUT2D eigenvalue weighted by molar-refractivity contribution is 6.01. The average molecular weight is 298 g/mol. The van der Waals surface area contributed by atoms with Crippen molar-refractivity contribution in [3.05, 3.63) is 23.8 Å². The predicted octanol–water partition coefficient (Wildman–Crippen LogP) is 2.99. The van der Waals surface area contributed by atoms with Gasteiger partial charge in [-0.25, -0.2) is 0 Å². The Balaban J connectivity index is 1.63. The van der Waals surface area contributed by atoms with E-state index in [2.05, 4.69) is 19.9 Å². The Morgan fingerprint density at radius 3 is 2.73 bits per heavy atom. The molecule has 6 atom stereocenters. The molecule has 3 saturated carbocycles. The van der Waals surface area contributed by atoms with Crippen molar-refractivity contribution in [3.63, 3.8) is 0 Å². The Morgan fingerprint density at radius 1 is 1.14 bits per heavy atom. The third-order valence-corrected chi connectivity index (χ3v) is 7.64. The topological polar surface area (TPSA) is 46.7 Å². The number of ketones is 2. The van der Waals surface area contributed by atoms with Crippen molar-refractivity contribution in [1.29, 1.82) is 0 Å². The number of Topliss-reactive ketones (excluding diaryl/α,β-unsaturated/α-hetero) is 1. The SMILES string of the molecule is C[C@]12C=CC(=O)C=C1CC[C@H]1[C@@H]3CCC(=O)[C@@]3(C)C[C@@H]3O[C@@]312. The van der Waals surface area contributed by atoms with Crippen LogP contribution in [0.15, 0.2) is 23.8 Å². The van der Waals surface area contributed by atoms with Crippen molar-refractivity contribution in [2.75, 3.05) is 0 Å². The minimum absolute atomic E-state index is 0.108. The normalized spacial score (nSPS) is 55.0. The third-order valence-electron chi connectivity index (χ3n) is 7.64. The molecule has 0 N–H and O–H groups in total. The van der Waals surface area contributed by atoms with Crippen LogP contribution in [0.5, 0.6) is 0 Å². The standard InChI is InChI=1S/C19H22O3/c1-17-10-16-19(22-16)14(13(17)5-6-15(17)21)4-3-11-9-12(20)7-8-18(11,19)2/h7-9,13-14,16H,3-6,10H2,1-2H3/t13-,14-,16-,17-,18-,19+/m0/s1. The van der Waals surface area contributed by atoms with E-state index in [0.29, 0.717) is 17.6 Å². The van der Waals surface area contributed by atoms with Crippen molar-refractivity contribution >= 4 is 11.6 Å². The van der Waals surface area contributed by atoms with E-state index in [0.717, 1.165) is 32.1 Å². The minimum Gasteiger partial charge on any atom is -0.364 e. The molecule has 0 amide bonds. The molecule has 0 aromatic heterocycles. The van der Waals surface area contributed by atoms with Gasteiger partial charge in [-0.3, -0.25) is 9.59 Å². The molecule has 1 heterocycles. The number of hydrogen-bond donors (Lipinski definition) is 0. The molecule has 5 aliphatic rings. The Bertz CT molecular complexity index is 674.